The number of nitrogens with zero attached hydrogens (tertiary/aromatic N) is 1. The third-order valence-electron chi connectivity index (χ3n) is 3.01. The van der Waals surface area contributed by atoms with E-state index in [4.69, 9.17) is 16.3 Å². The predicted octanol–water partition coefficient (Wildman–Crippen LogP) is 4.06. The molecule has 4 heteroatoms. The lowest BCUT2D eigenvalue weighted by Crippen LogP contribution is -2.18. The maximum Gasteiger partial charge on any atom is 0.213 e. The third-order valence-corrected chi connectivity index (χ3v) is 3.38. The molecule has 0 atom stereocenters. The number of pyridine rings is 1. The summed E-state index contributed by atoms with van der Waals surface area (Å²) in [7, 11) is 0. The molecular formula is C17H21ClN2O. The Labute approximate surface area is 131 Å². The molecular weight excluding hydrogens is 284 g/mol. The molecule has 2 rings (SSSR count). The molecule has 0 amide bonds. The highest BCUT2D eigenvalue weighted by Crippen LogP contribution is 2.17. The molecule has 1 heterocycles. The Morgan fingerprint density at radius 3 is 2.67 bits per heavy atom. The number of hydrogen-bond donors (Lipinski definition) is 1. The molecule has 0 aliphatic heterocycles. The Hall–Kier alpha value is -1.58. The summed E-state index contributed by atoms with van der Waals surface area (Å²) in [4.78, 5) is 4.32. The van der Waals surface area contributed by atoms with Crippen LogP contribution in [0, 0.1) is 5.92 Å². The van der Waals surface area contributed by atoms with Crippen LogP contribution >= 0.6 is 11.6 Å². The van der Waals surface area contributed by atoms with Crippen molar-refractivity contribution in [3.05, 3.63) is 58.7 Å². The fraction of sp³-hybridized carbons (Fsp3) is 0.353. The summed E-state index contributed by atoms with van der Waals surface area (Å²) in [6.07, 6.45) is 1.84. The van der Waals surface area contributed by atoms with Crippen molar-refractivity contribution in [2.45, 2.75) is 27.0 Å². The van der Waals surface area contributed by atoms with Gasteiger partial charge >= 0.3 is 0 Å². The molecule has 0 radical (unpaired) electrons. The number of nitrogens with one attached hydrogen (secondary N) is 1. The minimum Gasteiger partial charge on any atom is -0.473 e. The van der Waals surface area contributed by atoms with Crippen molar-refractivity contribution in [3.8, 4) is 5.88 Å². The van der Waals surface area contributed by atoms with E-state index in [0.717, 1.165) is 24.2 Å². The first-order valence-corrected chi connectivity index (χ1v) is 7.55. The quantitative estimate of drug-likeness (QED) is 0.837. The Balaban J connectivity index is 1.84. The van der Waals surface area contributed by atoms with Crippen molar-refractivity contribution in [1.29, 1.82) is 0 Å². The average molecular weight is 305 g/mol. The zero-order chi connectivity index (χ0) is 15.1. The van der Waals surface area contributed by atoms with Crippen LogP contribution in [0.4, 0.5) is 0 Å². The fourth-order valence-electron chi connectivity index (χ4n) is 1.87. The molecule has 1 aromatic heterocycles. The molecule has 3 nitrogen and oxygen atoms in total. The van der Waals surface area contributed by atoms with Crippen LogP contribution in [0.25, 0.3) is 0 Å². The van der Waals surface area contributed by atoms with Gasteiger partial charge in [-0.2, -0.15) is 0 Å². The predicted molar refractivity (Wildman–Crippen MR) is 86.6 cm³/mol. The molecule has 2 aromatic rings. The smallest absolute Gasteiger partial charge is 0.213 e. The van der Waals surface area contributed by atoms with E-state index in [9.17, 15) is 0 Å². The topological polar surface area (TPSA) is 34.1 Å². The number of ether oxygens (including phenoxy) is 1. The van der Waals surface area contributed by atoms with Crippen LogP contribution in [0.3, 0.4) is 0 Å². The van der Waals surface area contributed by atoms with Crippen molar-refractivity contribution in [2.24, 2.45) is 5.92 Å². The van der Waals surface area contributed by atoms with Gasteiger partial charge in [0.25, 0.3) is 0 Å². The molecule has 0 aliphatic carbocycles. The Morgan fingerprint density at radius 1 is 1.19 bits per heavy atom. The zero-order valence-electron chi connectivity index (χ0n) is 12.5. The number of rotatable bonds is 7. The lowest BCUT2D eigenvalue weighted by atomic mass is 10.2. The molecule has 1 N–H and O–H groups in total. The van der Waals surface area contributed by atoms with Crippen LogP contribution in [0.5, 0.6) is 5.88 Å². The van der Waals surface area contributed by atoms with E-state index >= 15 is 0 Å². The lowest BCUT2D eigenvalue weighted by molar-refractivity contribution is 0.294. The SMILES string of the molecule is CC(C)CNCc1ccc(OCc2ccccc2Cl)nc1. The summed E-state index contributed by atoms with van der Waals surface area (Å²) in [6, 6.07) is 11.6. The fourth-order valence-corrected chi connectivity index (χ4v) is 2.06. The number of hydrogen-bond acceptors (Lipinski definition) is 3. The monoisotopic (exact) mass is 304 g/mol. The third kappa shape index (κ3) is 5.37. The summed E-state index contributed by atoms with van der Waals surface area (Å²) in [5.41, 5.74) is 2.12. The van der Waals surface area contributed by atoms with Crippen molar-refractivity contribution in [1.82, 2.24) is 10.3 Å². The molecule has 112 valence electrons. The molecule has 0 fully saturated rings. The van der Waals surface area contributed by atoms with Gasteiger partial charge in [0.05, 0.1) is 0 Å². The standard InChI is InChI=1S/C17H21ClN2O/c1-13(2)9-19-10-14-7-8-17(20-11-14)21-12-15-5-3-4-6-16(15)18/h3-8,11,13,19H,9-10,12H2,1-2H3. The van der Waals surface area contributed by atoms with Crippen LogP contribution in [0.1, 0.15) is 25.0 Å². The van der Waals surface area contributed by atoms with E-state index in [1.807, 2.05) is 42.6 Å². The van der Waals surface area contributed by atoms with Gasteiger partial charge in [0.15, 0.2) is 0 Å². The van der Waals surface area contributed by atoms with Gasteiger partial charge < -0.3 is 10.1 Å². The highest BCUT2D eigenvalue weighted by molar-refractivity contribution is 6.31. The van der Waals surface area contributed by atoms with Gasteiger partial charge in [-0.15, -0.1) is 0 Å². The number of benzene rings is 1. The van der Waals surface area contributed by atoms with E-state index in [2.05, 4.69) is 24.1 Å². The molecule has 0 unspecified atom stereocenters. The minimum absolute atomic E-state index is 0.428. The molecule has 1 aromatic carbocycles. The number of halogens is 1. The minimum atomic E-state index is 0.428. The maximum absolute atomic E-state index is 6.09. The van der Waals surface area contributed by atoms with Gasteiger partial charge in [-0.1, -0.05) is 49.7 Å². The Kier molecular flexibility index (Phi) is 6.03. The summed E-state index contributed by atoms with van der Waals surface area (Å²) >= 11 is 6.09. The van der Waals surface area contributed by atoms with E-state index in [1.54, 1.807) is 0 Å². The van der Waals surface area contributed by atoms with Crippen LogP contribution < -0.4 is 10.1 Å². The highest BCUT2D eigenvalue weighted by Gasteiger charge is 2.02. The lowest BCUT2D eigenvalue weighted by Gasteiger charge is -2.09. The first-order chi connectivity index (χ1) is 10.1. The van der Waals surface area contributed by atoms with Gasteiger partial charge in [-0.3, -0.25) is 0 Å². The van der Waals surface area contributed by atoms with Crippen molar-refractivity contribution in [2.75, 3.05) is 6.54 Å². The second kappa shape index (κ2) is 8.01. The van der Waals surface area contributed by atoms with Crippen molar-refractivity contribution >= 4 is 11.6 Å². The average Bonchev–Trinajstić information content (AvgIpc) is 2.47. The second-order valence-corrected chi connectivity index (χ2v) is 5.82. The summed E-state index contributed by atoms with van der Waals surface area (Å²) in [6.45, 7) is 6.64. The van der Waals surface area contributed by atoms with Crippen LogP contribution in [0.15, 0.2) is 42.6 Å². The Bertz CT molecular complexity index is 555. The van der Waals surface area contributed by atoms with Crippen LogP contribution in [-0.2, 0) is 13.2 Å². The van der Waals surface area contributed by atoms with Crippen molar-refractivity contribution in [3.63, 3.8) is 0 Å². The van der Waals surface area contributed by atoms with Crippen molar-refractivity contribution < 1.29 is 4.74 Å². The summed E-state index contributed by atoms with van der Waals surface area (Å²) in [5.74, 6) is 1.26. The van der Waals surface area contributed by atoms with E-state index in [-0.39, 0.29) is 0 Å². The Morgan fingerprint density at radius 2 is 2.00 bits per heavy atom. The van der Waals surface area contributed by atoms with Crippen LogP contribution in [-0.4, -0.2) is 11.5 Å². The molecule has 0 bridgehead atoms. The van der Waals surface area contributed by atoms with Gasteiger partial charge in [0.2, 0.25) is 5.88 Å². The number of aromatic nitrogens is 1. The van der Waals surface area contributed by atoms with E-state index in [1.165, 1.54) is 0 Å². The normalized spacial score (nSPS) is 10.9. The summed E-state index contributed by atoms with van der Waals surface area (Å²) in [5, 5.41) is 4.10. The largest absolute Gasteiger partial charge is 0.473 e. The summed E-state index contributed by atoms with van der Waals surface area (Å²) < 4.78 is 5.65. The van der Waals surface area contributed by atoms with Crippen LogP contribution in [0.2, 0.25) is 5.02 Å². The maximum atomic E-state index is 6.09. The van der Waals surface area contributed by atoms with E-state index in [0.29, 0.717) is 23.4 Å². The van der Waals surface area contributed by atoms with Gasteiger partial charge in [-0.25, -0.2) is 4.98 Å². The van der Waals surface area contributed by atoms with Gasteiger partial charge in [0, 0.05) is 29.4 Å². The second-order valence-electron chi connectivity index (χ2n) is 5.41. The molecule has 0 aliphatic rings. The first kappa shape index (κ1) is 15.8. The van der Waals surface area contributed by atoms with Gasteiger partial charge in [-0.05, 0) is 24.1 Å². The molecule has 21 heavy (non-hydrogen) atoms. The molecule has 0 saturated heterocycles. The van der Waals surface area contributed by atoms with E-state index < -0.39 is 0 Å². The zero-order valence-corrected chi connectivity index (χ0v) is 13.2. The van der Waals surface area contributed by atoms with Gasteiger partial charge in [0.1, 0.15) is 6.61 Å². The highest BCUT2D eigenvalue weighted by atomic mass is 35.5. The molecule has 0 saturated carbocycles. The first-order valence-electron chi connectivity index (χ1n) is 7.17. The molecule has 0 spiro atoms.